The van der Waals surface area contributed by atoms with Gasteiger partial charge in [0.2, 0.25) is 0 Å². The third-order valence-corrected chi connectivity index (χ3v) is 9.61. The maximum absolute atomic E-state index is 5.18. The Morgan fingerprint density at radius 1 is 0.286 bits per heavy atom. The van der Waals surface area contributed by atoms with Crippen LogP contribution in [0.1, 0.15) is 22.3 Å². The van der Waals surface area contributed by atoms with Crippen LogP contribution in [0.15, 0.2) is 188 Å². The SMILES string of the molecule is c1ccc(-c2cccc(-c3nc(-c4ccccc4)nc(-c4ccc5c(c4)C(c4ccccc4)(c4ccccc4)c4ccccc4-5)n3)c2)cc1. The molecule has 1 aliphatic carbocycles. The minimum atomic E-state index is -0.507. The predicted molar refractivity (Wildman–Crippen MR) is 199 cm³/mol. The highest BCUT2D eigenvalue weighted by atomic mass is 15.0. The van der Waals surface area contributed by atoms with Crippen molar-refractivity contribution in [1.82, 2.24) is 15.0 Å². The van der Waals surface area contributed by atoms with Gasteiger partial charge in [0.25, 0.3) is 0 Å². The van der Waals surface area contributed by atoms with Crippen LogP contribution in [0.5, 0.6) is 0 Å². The second-order valence-electron chi connectivity index (χ2n) is 12.4. The van der Waals surface area contributed by atoms with Gasteiger partial charge in [-0.1, -0.05) is 176 Å². The number of fused-ring (bicyclic) bond motifs is 3. The smallest absolute Gasteiger partial charge is 0.164 e. The summed E-state index contributed by atoms with van der Waals surface area (Å²) in [6.45, 7) is 0. The van der Waals surface area contributed by atoms with Crippen LogP contribution in [0, 0.1) is 0 Å². The van der Waals surface area contributed by atoms with Gasteiger partial charge in [0, 0.05) is 16.7 Å². The quantitative estimate of drug-likeness (QED) is 0.185. The van der Waals surface area contributed by atoms with Crippen LogP contribution in [0.4, 0.5) is 0 Å². The van der Waals surface area contributed by atoms with Crippen molar-refractivity contribution >= 4 is 0 Å². The number of benzene rings is 7. The van der Waals surface area contributed by atoms with Crippen molar-refractivity contribution in [2.45, 2.75) is 5.41 Å². The first-order valence-corrected chi connectivity index (χ1v) is 16.6. The molecule has 0 aliphatic heterocycles. The average molecular weight is 626 g/mol. The fourth-order valence-corrected chi connectivity index (χ4v) is 7.40. The number of hydrogen-bond donors (Lipinski definition) is 0. The Kier molecular flexibility index (Phi) is 7.02. The summed E-state index contributed by atoms with van der Waals surface area (Å²) in [6, 6.07) is 66.3. The molecule has 3 nitrogen and oxygen atoms in total. The van der Waals surface area contributed by atoms with Gasteiger partial charge in [0.1, 0.15) is 0 Å². The van der Waals surface area contributed by atoms with Crippen LogP contribution < -0.4 is 0 Å². The summed E-state index contributed by atoms with van der Waals surface area (Å²) in [7, 11) is 0. The number of nitrogens with zero attached hydrogens (tertiary/aromatic N) is 3. The van der Waals surface area contributed by atoms with Crippen molar-refractivity contribution in [3.63, 3.8) is 0 Å². The molecule has 0 saturated carbocycles. The van der Waals surface area contributed by atoms with Crippen molar-refractivity contribution in [1.29, 1.82) is 0 Å². The van der Waals surface area contributed by atoms with E-state index in [1.54, 1.807) is 0 Å². The summed E-state index contributed by atoms with van der Waals surface area (Å²) in [5.74, 6) is 1.93. The lowest BCUT2D eigenvalue weighted by Crippen LogP contribution is -2.28. The number of aromatic nitrogens is 3. The van der Waals surface area contributed by atoms with E-state index in [4.69, 9.17) is 15.0 Å². The maximum atomic E-state index is 5.18. The van der Waals surface area contributed by atoms with Gasteiger partial charge in [0.15, 0.2) is 17.5 Å². The van der Waals surface area contributed by atoms with Gasteiger partial charge >= 0.3 is 0 Å². The minimum absolute atomic E-state index is 0.507. The first-order chi connectivity index (χ1) is 24.3. The van der Waals surface area contributed by atoms with E-state index in [0.717, 1.165) is 27.8 Å². The third kappa shape index (κ3) is 4.87. The lowest BCUT2D eigenvalue weighted by atomic mass is 9.67. The summed E-state index contributed by atoms with van der Waals surface area (Å²) in [5.41, 5.74) is 12.0. The van der Waals surface area contributed by atoms with Gasteiger partial charge in [0.05, 0.1) is 5.41 Å². The standard InChI is InChI=1S/C46H31N3/c1-5-16-32(17-6-1)34-20-15-21-35(30-34)44-47-43(33-18-7-2-8-19-33)48-45(49-44)36-28-29-40-39-26-13-14-27-41(39)46(42(40)31-36,37-22-9-3-10-23-37)38-24-11-4-12-25-38/h1-31H. The zero-order valence-corrected chi connectivity index (χ0v) is 26.7. The van der Waals surface area contributed by atoms with Crippen molar-refractivity contribution in [3.05, 3.63) is 210 Å². The van der Waals surface area contributed by atoms with Crippen molar-refractivity contribution in [2.75, 3.05) is 0 Å². The van der Waals surface area contributed by atoms with Crippen LogP contribution in [0.25, 0.3) is 56.4 Å². The first kappa shape index (κ1) is 28.7. The first-order valence-electron chi connectivity index (χ1n) is 16.6. The molecular weight excluding hydrogens is 595 g/mol. The van der Waals surface area contributed by atoms with Gasteiger partial charge in [-0.2, -0.15) is 0 Å². The molecule has 0 unspecified atom stereocenters. The predicted octanol–water partition coefficient (Wildman–Crippen LogP) is 10.9. The summed E-state index contributed by atoms with van der Waals surface area (Å²) >= 11 is 0. The van der Waals surface area contributed by atoms with Crippen LogP contribution in [0.3, 0.4) is 0 Å². The fourth-order valence-electron chi connectivity index (χ4n) is 7.40. The molecular formula is C46H31N3. The van der Waals surface area contributed by atoms with E-state index in [0.29, 0.717) is 17.5 Å². The van der Waals surface area contributed by atoms with Crippen LogP contribution >= 0.6 is 0 Å². The second-order valence-corrected chi connectivity index (χ2v) is 12.4. The Balaban J connectivity index is 1.28. The highest BCUT2D eigenvalue weighted by molar-refractivity contribution is 5.88. The second kappa shape index (κ2) is 12.0. The van der Waals surface area contributed by atoms with Crippen molar-refractivity contribution < 1.29 is 0 Å². The molecule has 0 saturated heterocycles. The molecule has 0 radical (unpaired) electrons. The molecule has 7 aromatic carbocycles. The minimum Gasteiger partial charge on any atom is -0.208 e. The highest BCUT2D eigenvalue weighted by Crippen LogP contribution is 2.56. The molecule has 0 N–H and O–H groups in total. The van der Waals surface area contributed by atoms with E-state index in [-0.39, 0.29) is 0 Å². The number of rotatable bonds is 6. The largest absolute Gasteiger partial charge is 0.208 e. The molecule has 1 heterocycles. The fraction of sp³-hybridized carbons (Fsp3) is 0.0217. The Labute approximate surface area is 286 Å². The van der Waals surface area contributed by atoms with E-state index in [1.165, 1.54) is 33.4 Å². The lowest BCUT2D eigenvalue weighted by molar-refractivity contribution is 0.768. The van der Waals surface area contributed by atoms with Gasteiger partial charge in [-0.05, 0) is 56.6 Å². The zero-order valence-electron chi connectivity index (χ0n) is 26.7. The van der Waals surface area contributed by atoms with E-state index in [9.17, 15) is 0 Å². The Bertz CT molecular complexity index is 2380. The zero-order chi connectivity index (χ0) is 32.6. The summed E-state index contributed by atoms with van der Waals surface area (Å²) in [5, 5.41) is 0. The summed E-state index contributed by atoms with van der Waals surface area (Å²) in [6.07, 6.45) is 0. The molecule has 9 rings (SSSR count). The van der Waals surface area contributed by atoms with E-state index in [2.05, 4.69) is 164 Å². The molecule has 1 aliphatic rings. The topological polar surface area (TPSA) is 38.7 Å². The van der Waals surface area contributed by atoms with Gasteiger partial charge in [-0.15, -0.1) is 0 Å². The van der Waals surface area contributed by atoms with Gasteiger partial charge < -0.3 is 0 Å². The molecule has 8 aromatic rings. The highest BCUT2D eigenvalue weighted by Gasteiger charge is 2.46. The monoisotopic (exact) mass is 625 g/mol. The normalized spacial score (nSPS) is 12.7. The molecule has 0 amide bonds. The molecule has 0 bridgehead atoms. The van der Waals surface area contributed by atoms with Gasteiger partial charge in [-0.3, -0.25) is 0 Å². The third-order valence-electron chi connectivity index (χ3n) is 9.61. The van der Waals surface area contributed by atoms with Crippen LogP contribution in [0.2, 0.25) is 0 Å². The van der Waals surface area contributed by atoms with Crippen LogP contribution in [-0.4, -0.2) is 15.0 Å². The van der Waals surface area contributed by atoms with E-state index in [1.807, 2.05) is 24.3 Å². The van der Waals surface area contributed by atoms with Crippen LogP contribution in [-0.2, 0) is 5.41 Å². The van der Waals surface area contributed by atoms with E-state index >= 15 is 0 Å². The molecule has 0 fully saturated rings. The lowest BCUT2D eigenvalue weighted by Gasteiger charge is -2.34. The Morgan fingerprint density at radius 2 is 0.735 bits per heavy atom. The van der Waals surface area contributed by atoms with Gasteiger partial charge in [-0.25, -0.2) is 15.0 Å². The maximum Gasteiger partial charge on any atom is 0.164 e. The summed E-state index contributed by atoms with van der Waals surface area (Å²) < 4.78 is 0. The Morgan fingerprint density at radius 3 is 1.37 bits per heavy atom. The summed E-state index contributed by atoms with van der Waals surface area (Å²) in [4.78, 5) is 15.3. The Hall–Kier alpha value is -6.45. The molecule has 0 atom stereocenters. The number of hydrogen-bond acceptors (Lipinski definition) is 3. The molecule has 1 aromatic heterocycles. The molecule has 3 heteroatoms. The van der Waals surface area contributed by atoms with Crippen molar-refractivity contribution in [2.24, 2.45) is 0 Å². The van der Waals surface area contributed by atoms with Crippen molar-refractivity contribution in [3.8, 4) is 56.4 Å². The molecule has 49 heavy (non-hydrogen) atoms. The molecule has 230 valence electrons. The molecule has 0 spiro atoms. The van der Waals surface area contributed by atoms with E-state index < -0.39 is 5.41 Å². The average Bonchev–Trinajstić information content (AvgIpc) is 3.49.